The van der Waals surface area contributed by atoms with E-state index in [1.54, 1.807) is 30.3 Å². The number of halogens is 1. The Kier molecular flexibility index (Phi) is 4.00. The summed E-state index contributed by atoms with van der Waals surface area (Å²) in [4.78, 5) is 4.33. The minimum absolute atomic E-state index is 0.0904. The Morgan fingerprint density at radius 2 is 1.65 bits per heavy atom. The number of hydrogen-bond acceptors (Lipinski definition) is 4. The average Bonchev–Trinajstić information content (AvgIpc) is 2.55. The summed E-state index contributed by atoms with van der Waals surface area (Å²) in [7, 11) is 0. The maximum Gasteiger partial charge on any atom is 0.142 e. The number of aromatic nitrogens is 1. The largest absolute Gasteiger partial charge is 0.507 e. The van der Waals surface area contributed by atoms with Crippen LogP contribution in [0.4, 0.5) is 5.82 Å². The number of nitrogens with zero attached hydrogens (tertiary/aromatic N) is 2. The SMILES string of the molecule is N#Cc1c(-c2ccccc2O)cc(-c2ccccc2Br)nc1N. The Bertz CT molecular complexity index is 932. The van der Waals surface area contributed by atoms with Gasteiger partial charge < -0.3 is 10.8 Å². The molecule has 0 saturated heterocycles. The van der Waals surface area contributed by atoms with Crippen LogP contribution in [0.25, 0.3) is 22.4 Å². The Hall–Kier alpha value is -2.84. The van der Waals surface area contributed by atoms with Gasteiger partial charge in [-0.15, -0.1) is 0 Å². The molecule has 0 amide bonds. The maximum absolute atomic E-state index is 10.1. The number of nitrogen functional groups attached to an aromatic ring is 1. The highest BCUT2D eigenvalue weighted by molar-refractivity contribution is 9.10. The van der Waals surface area contributed by atoms with Gasteiger partial charge in [0.1, 0.15) is 23.2 Å². The van der Waals surface area contributed by atoms with Gasteiger partial charge in [-0.25, -0.2) is 4.98 Å². The summed E-state index contributed by atoms with van der Waals surface area (Å²) in [6, 6.07) is 18.3. The van der Waals surface area contributed by atoms with E-state index in [-0.39, 0.29) is 17.1 Å². The molecule has 0 bridgehead atoms. The van der Waals surface area contributed by atoms with Crippen molar-refractivity contribution in [3.63, 3.8) is 0 Å². The van der Waals surface area contributed by atoms with Crippen LogP contribution in [0.3, 0.4) is 0 Å². The molecular formula is C18H12BrN3O. The second-order valence-corrected chi connectivity index (χ2v) is 5.78. The van der Waals surface area contributed by atoms with Crippen LogP contribution in [0.15, 0.2) is 59.1 Å². The van der Waals surface area contributed by atoms with E-state index >= 15 is 0 Å². The molecule has 0 aliphatic carbocycles. The predicted octanol–water partition coefficient (Wildman–Crippen LogP) is 4.34. The third-order valence-corrected chi connectivity index (χ3v) is 4.19. The molecule has 1 heterocycles. The molecule has 0 saturated carbocycles. The first-order valence-corrected chi connectivity index (χ1v) is 7.65. The Balaban J connectivity index is 2.30. The van der Waals surface area contributed by atoms with Gasteiger partial charge in [0, 0.05) is 21.2 Å². The molecule has 0 atom stereocenters. The summed E-state index contributed by atoms with van der Waals surface area (Å²) in [5, 5.41) is 19.5. The zero-order valence-electron chi connectivity index (χ0n) is 12.0. The molecular weight excluding hydrogens is 354 g/mol. The molecule has 3 rings (SSSR count). The number of rotatable bonds is 2. The average molecular weight is 366 g/mol. The molecule has 23 heavy (non-hydrogen) atoms. The van der Waals surface area contributed by atoms with Gasteiger partial charge >= 0.3 is 0 Å². The van der Waals surface area contributed by atoms with Gasteiger partial charge in [-0.2, -0.15) is 5.26 Å². The Morgan fingerprint density at radius 3 is 2.30 bits per heavy atom. The third kappa shape index (κ3) is 2.77. The van der Waals surface area contributed by atoms with Crippen molar-refractivity contribution in [2.45, 2.75) is 0 Å². The van der Waals surface area contributed by atoms with Crippen LogP contribution >= 0.6 is 15.9 Å². The molecule has 3 N–H and O–H groups in total. The summed E-state index contributed by atoms with van der Waals surface area (Å²) in [5.74, 6) is 0.228. The Labute approximate surface area is 142 Å². The minimum Gasteiger partial charge on any atom is -0.507 e. The number of nitrogens with two attached hydrogens (primary N) is 1. The van der Waals surface area contributed by atoms with Crippen LogP contribution in [-0.2, 0) is 0 Å². The number of para-hydroxylation sites is 1. The number of aromatic hydroxyl groups is 1. The predicted molar refractivity (Wildman–Crippen MR) is 93.6 cm³/mol. The van der Waals surface area contributed by atoms with Gasteiger partial charge in [0.05, 0.1) is 5.69 Å². The van der Waals surface area contributed by atoms with E-state index in [0.29, 0.717) is 16.8 Å². The molecule has 2 aromatic carbocycles. The van der Waals surface area contributed by atoms with E-state index in [0.717, 1.165) is 10.0 Å². The second-order valence-electron chi connectivity index (χ2n) is 4.92. The first-order valence-electron chi connectivity index (χ1n) is 6.85. The fourth-order valence-corrected chi connectivity index (χ4v) is 2.89. The fraction of sp³-hybridized carbons (Fsp3) is 0. The number of pyridine rings is 1. The molecule has 0 spiro atoms. The number of benzene rings is 2. The standard InChI is InChI=1S/C18H12BrN3O/c19-15-7-3-1-6-12(15)16-9-13(14(10-20)18(21)22-16)11-5-2-4-8-17(11)23/h1-9,23H,(H2,21,22). The highest BCUT2D eigenvalue weighted by Crippen LogP contribution is 2.37. The summed E-state index contributed by atoms with van der Waals surface area (Å²) >= 11 is 3.49. The van der Waals surface area contributed by atoms with Crippen molar-refractivity contribution < 1.29 is 5.11 Å². The molecule has 0 radical (unpaired) electrons. The number of nitriles is 1. The topological polar surface area (TPSA) is 82.9 Å². The number of anilines is 1. The summed E-state index contributed by atoms with van der Waals surface area (Å²) in [6.45, 7) is 0. The summed E-state index contributed by atoms with van der Waals surface area (Å²) in [5.41, 5.74) is 8.83. The van der Waals surface area contributed by atoms with Crippen LogP contribution in [0.1, 0.15) is 5.56 Å². The second kappa shape index (κ2) is 6.11. The van der Waals surface area contributed by atoms with E-state index < -0.39 is 0 Å². The van der Waals surface area contributed by atoms with Crippen LogP contribution in [0.5, 0.6) is 5.75 Å². The molecule has 4 nitrogen and oxygen atoms in total. The van der Waals surface area contributed by atoms with Crippen molar-refractivity contribution in [1.29, 1.82) is 5.26 Å². The van der Waals surface area contributed by atoms with Crippen LogP contribution in [0, 0.1) is 11.3 Å². The maximum atomic E-state index is 10.1. The molecule has 5 heteroatoms. The number of hydrogen-bond donors (Lipinski definition) is 2. The summed E-state index contributed by atoms with van der Waals surface area (Å²) < 4.78 is 0.875. The zero-order chi connectivity index (χ0) is 16.4. The van der Waals surface area contributed by atoms with Gasteiger partial charge in [-0.3, -0.25) is 0 Å². The van der Waals surface area contributed by atoms with Crippen molar-refractivity contribution in [3.05, 3.63) is 64.6 Å². The van der Waals surface area contributed by atoms with E-state index in [1.165, 1.54) is 0 Å². The molecule has 3 aromatic rings. The van der Waals surface area contributed by atoms with E-state index in [2.05, 4.69) is 27.0 Å². The van der Waals surface area contributed by atoms with E-state index in [9.17, 15) is 10.4 Å². The van der Waals surface area contributed by atoms with Crippen LogP contribution in [-0.4, -0.2) is 10.1 Å². The van der Waals surface area contributed by atoms with Crippen molar-refractivity contribution in [3.8, 4) is 34.2 Å². The number of phenolic OH excluding ortho intramolecular Hbond substituents is 1. The molecule has 0 aliphatic rings. The summed E-state index contributed by atoms with van der Waals surface area (Å²) in [6.07, 6.45) is 0. The van der Waals surface area contributed by atoms with Crippen molar-refractivity contribution >= 4 is 21.7 Å². The quantitative estimate of drug-likeness (QED) is 0.707. The normalized spacial score (nSPS) is 10.3. The lowest BCUT2D eigenvalue weighted by Crippen LogP contribution is -2.00. The zero-order valence-corrected chi connectivity index (χ0v) is 13.6. The lowest BCUT2D eigenvalue weighted by Gasteiger charge is -2.12. The van der Waals surface area contributed by atoms with Gasteiger partial charge in [-0.1, -0.05) is 52.3 Å². The van der Waals surface area contributed by atoms with Gasteiger partial charge in [0.15, 0.2) is 0 Å². The highest BCUT2D eigenvalue weighted by Gasteiger charge is 2.16. The van der Waals surface area contributed by atoms with Gasteiger partial charge in [0.25, 0.3) is 0 Å². The first kappa shape index (κ1) is 15.1. The van der Waals surface area contributed by atoms with Crippen molar-refractivity contribution in [2.24, 2.45) is 0 Å². The Morgan fingerprint density at radius 1 is 1.00 bits per heavy atom. The van der Waals surface area contributed by atoms with E-state index in [1.807, 2.05) is 24.3 Å². The van der Waals surface area contributed by atoms with Crippen LogP contribution in [0.2, 0.25) is 0 Å². The van der Waals surface area contributed by atoms with Crippen LogP contribution < -0.4 is 5.73 Å². The monoisotopic (exact) mass is 365 g/mol. The molecule has 0 aliphatic heterocycles. The van der Waals surface area contributed by atoms with Gasteiger partial charge in [0.2, 0.25) is 0 Å². The number of phenols is 1. The lowest BCUT2D eigenvalue weighted by atomic mass is 9.98. The fourth-order valence-electron chi connectivity index (χ4n) is 2.40. The molecule has 1 aromatic heterocycles. The first-order chi connectivity index (χ1) is 11.1. The van der Waals surface area contributed by atoms with E-state index in [4.69, 9.17) is 5.73 Å². The molecule has 112 valence electrons. The molecule has 0 unspecified atom stereocenters. The highest BCUT2D eigenvalue weighted by atomic mass is 79.9. The third-order valence-electron chi connectivity index (χ3n) is 3.50. The van der Waals surface area contributed by atoms with Crippen molar-refractivity contribution in [1.82, 2.24) is 4.98 Å². The lowest BCUT2D eigenvalue weighted by molar-refractivity contribution is 0.477. The van der Waals surface area contributed by atoms with Gasteiger partial charge in [-0.05, 0) is 18.2 Å². The minimum atomic E-state index is 0.0904. The molecule has 0 fully saturated rings. The van der Waals surface area contributed by atoms with Crippen molar-refractivity contribution in [2.75, 3.05) is 5.73 Å². The smallest absolute Gasteiger partial charge is 0.142 e.